The molecule has 0 aliphatic heterocycles. The average molecular weight is 341 g/mol. The summed E-state index contributed by atoms with van der Waals surface area (Å²) < 4.78 is 0. The number of nitriles is 3. The van der Waals surface area contributed by atoms with Crippen molar-refractivity contribution in [2.24, 2.45) is 0 Å². The van der Waals surface area contributed by atoms with Gasteiger partial charge in [-0.1, -0.05) is 12.1 Å². The van der Waals surface area contributed by atoms with Crippen LogP contribution in [-0.2, 0) is 0 Å². The van der Waals surface area contributed by atoms with E-state index in [-0.39, 0.29) is 17.2 Å². The number of carbonyl (C=O) groups is 1. The molecule has 0 atom stereocenters. The van der Waals surface area contributed by atoms with E-state index in [2.05, 4.69) is 10.6 Å². The first-order valence-corrected chi connectivity index (χ1v) is 7.68. The van der Waals surface area contributed by atoms with Crippen molar-refractivity contribution in [3.8, 4) is 18.2 Å². The Kier molecular flexibility index (Phi) is 5.72. The third-order valence-corrected chi connectivity index (χ3v) is 3.74. The molecule has 0 saturated carbocycles. The highest BCUT2D eigenvalue weighted by molar-refractivity contribution is 6.04. The van der Waals surface area contributed by atoms with Crippen LogP contribution in [0.2, 0.25) is 0 Å². The van der Waals surface area contributed by atoms with Gasteiger partial charge in [-0.15, -0.1) is 0 Å². The maximum atomic E-state index is 12.4. The summed E-state index contributed by atoms with van der Waals surface area (Å²) in [5.74, 6) is -0.305. The number of nitrogens with zero attached hydrogens (tertiary/aromatic N) is 3. The second kappa shape index (κ2) is 8.15. The molecule has 2 N–H and O–H groups in total. The highest BCUT2D eigenvalue weighted by atomic mass is 16.1. The number of hydrogen-bond acceptors (Lipinski definition) is 5. The zero-order chi connectivity index (χ0) is 19.1. The van der Waals surface area contributed by atoms with Gasteiger partial charge in [0.1, 0.15) is 23.9 Å². The van der Waals surface area contributed by atoms with Crippen LogP contribution in [-0.4, -0.2) is 5.91 Å². The molecule has 0 spiro atoms. The smallest absolute Gasteiger partial charge is 0.255 e. The number of aryl methyl sites for hydroxylation is 2. The van der Waals surface area contributed by atoms with Gasteiger partial charge in [-0.05, 0) is 55.3 Å². The number of allylic oxidation sites excluding steroid dienone is 2. The molecule has 2 aromatic rings. The lowest BCUT2D eigenvalue weighted by Crippen LogP contribution is -2.12. The van der Waals surface area contributed by atoms with Gasteiger partial charge in [-0.2, -0.15) is 15.8 Å². The minimum atomic E-state index is -0.322. The fourth-order valence-electron chi connectivity index (χ4n) is 2.19. The number of anilines is 2. The number of hydrogen-bond donors (Lipinski definition) is 2. The Bertz CT molecular complexity index is 1000. The predicted octanol–water partition coefficient (Wildman–Crippen LogP) is 3.79. The summed E-state index contributed by atoms with van der Waals surface area (Å²) in [4.78, 5) is 12.4. The summed E-state index contributed by atoms with van der Waals surface area (Å²) in [6.45, 7) is 3.96. The number of benzene rings is 2. The van der Waals surface area contributed by atoms with E-state index in [9.17, 15) is 4.79 Å². The maximum absolute atomic E-state index is 12.4. The van der Waals surface area contributed by atoms with Gasteiger partial charge >= 0.3 is 0 Å². The number of carbonyl (C=O) groups excluding carboxylic acids is 1. The second-order valence-electron chi connectivity index (χ2n) is 5.54. The molecule has 126 valence electrons. The topological polar surface area (TPSA) is 112 Å². The molecule has 0 aliphatic carbocycles. The summed E-state index contributed by atoms with van der Waals surface area (Å²) >= 11 is 0. The van der Waals surface area contributed by atoms with E-state index in [1.54, 1.807) is 42.5 Å². The summed E-state index contributed by atoms with van der Waals surface area (Å²) in [6.07, 6.45) is 0. The van der Waals surface area contributed by atoms with E-state index in [4.69, 9.17) is 15.8 Å². The average Bonchev–Trinajstić information content (AvgIpc) is 2.65. The molecule has 26 heavy (non-hydrogen) atoms. The van der Waals surface area contributed by atoms with Crippen molar-refractivity contribution < 1.29 is 4.79 Å². The monoisotopic (exact) mass is 341 g/mol. The Labute approximate surface area is 151 Å². The third kappa shape index (κ3) is 4.26. The molecule has 0 aromatic heterocycles. The number of nitrogens with one attached hydrogen (secondary N) is 2. The Morgan fingerprint density at radius 3 is 2.15 bits per heavy atom. The van der Waals surface area contributed by atoms with Crippen molar-refractivity contribution in [2.45, 2.75) is 13.8 Å². The van der Waals surface area contributed by atoms with E-state index in [1.165, 1.54) is 0 Å². The molecule has 0 unspecified atom stereocenters. The first-order chi connectivity index (χ1) is 12.5. The van der Waals surface area contributed by atoms with Gasteiger partial charge in [0.25, 0.3) is 5.91 Å². The normalized spacial score (nSPS) is 9.19. The molecule has 0 fully saturated rings. The quantitative estimate of drug-likeness (QED) is 0.821. The van der Waals surface area contributed by atoms with E-state index in [1.807, 2.05) is 32.0 Å². The zero-order valence-corrected chi connectivity index (χ0v) is 14.3. The predicted molar refractivity (Wildman–Crippen MR) is 97.8 cm³/mol. The molecule has 6 heteroatoms. The molecule has 2 aromatic carbocycles. The summed E-state index contributed by atoms with van der Waals surface area (Å²) in [5, 5.41) is 32.3. The van der Waals surface area contributed by atoms with Crippen LogP contribution in [0.25, 0.3) is 0 Å². The standard InChI is InChI=1S/C20H15N5O/c1-13-6-7-18(8-14(13)2)25-20(26)15-4-3-5-17(9-15)24-19(12-23)16(10-21)11-22/h3-9,24H,1-2H3,(H,25,26). The van der Waals surface area contributed by atoms with Crippen molar-refractivity contribution in [3.63, 3.8) is 0 Å². The molecular weight excluding hydrogens is 326 g/mol. The fraction of sp³-hybridized carbons (Fsp3) is 0.100. The minimum absolute atomic E-state index is 0.165. The van der Waals surface area contributed by atoms with Crippen LogP contribution in [0.3, 0.4) is 0 Å². The summed E-state index contributed by atoms with van der Waals surface area (Å²) in [5.41, 5.74) is 3.21. The van der Waals surface area contributed by atoms with Gasteiger partial charge in [-0.25, -0.2) is 0 Å². The molecule has 6 nitrogen and oxygen atoms in total. The van der Waals surface area contributed by atoms with Gasteiger partial charge in [0.15, 0.2) is 5.57 Å². The summed E-state index contributed by atoms with van der Waals surface area (Å²) in [7, 11) is 0. The molecule has 0 aliphatic rings. The van der Waals surface area contributed by atoms with Crippen molar-refractivity contribution in [1.29, 1.82) is 15.8 Å². The summed E-state index contributed by atoms with van der Waals surface area (Å²) in [6, 6.07) is 17.2. The Balaban J connectivity index is 2.23. The van der Waals surface area contributed by atoms with Gasteiger partial charge in [0.2, 0.25) is 0 Å². The fourth-order valence-corrected chi connectivity index (χ4v) is 2.19. The lowest BCUT2D eigenvalue weighted by atomic mass is 10.1. The number of rotatable bonds is 4. The van der Waals surface area contributed by atoms with Crippen LogP contribution in [0.5, 0.6) is 0 Å². The van der Waals surface area contributed by atoms with Gasteiger partial charge in [0, 0.05) is 16.9 Å². The SMILES string of the molecule is Cc1ccc(NC(=O)c2cccc(NC(C#N)=C(C#N)C#N)c2)cc1C. The lowest BCUT2D eigenvalue weighted by Gasteiger charge is -2.09. The highest BCUT2D eigenvalue weighted by Gasteiger charge is 2.10. The highest BCUT2D eigenvalue weighted by Crippen LogP contribution is 2.18. The molecule has 0 saturated heterocycles. The number of amides is 1. The van der Waals surface area contributed by atoms with E-state index < -0.39 is 0 Å². The molecule has 0 radical (unpaired) electrons. The van der Waals surface area contributed by atoms with Crippen LogP contribution < -0.4 is 10.6 Å². The van der Waals surface area contributed by atoms with Crippen molar-refractivity contribution in [1.82, 2.24) is 0 Å². The Hall–Kier alpha value is -4.08. The van der Waals surface area contributed by atoms with Crippen LogP contribution in [0.4, 0.5) is 11.4 Å². The third-order valence-electron chi connectivity index (χ3n) is 3.74. The second-order valence-corrected chi connectivity index (χ2v) is 5.54. The van der Waals surface area contributed by atoms with Crippen molar-refractivity contribution in [2.75, 3.05) is 10.6 Å². The minimum Gasteiger partial charge on any atom is -0.345 e. The molecule has 2 rings (SSSR count). The van der Waals surface area contributed by atoms with Crippen molar-refractivity contribution >= 4 is 17.3 Å². The van der Waals surface area contributed by atoms with Gasteiger partial charge < -0.3 is 10.6 Å². The largest absolute Gasteiger partial charge is 0.345 e. The zero-order valence-electron chi connectivity index (χ0n) is 14.3. The van der Waals surface area contributed by atoms with E-state index in [0.29, 0.717) is 16.9 Å². The maximum Gasteiger partial charge on any atom is 0.255 e. The first-order valence-electron chi connectivity index (χ1n) is 7.68. The van der Waals surface area contributed by atoms with Gasteiger partial charge in [0.05, 0.1) is 0 Å². The van der Waals surface area contributed by atoms with E-state index in [0.717, 1.165) is 11.1 Å². The Morgan fingerprint density at radius 1 is 0.846 bits per heavy atom. The van der Waals surface area contributed by atoms with E-state index >= 15 is 0 Å². The van der Waals surface area contributed by atoms with Crippen LogP contribution >= 0.6 is 0 Å². The van der Waals surface area contributed by atoms with Crippen LogP contribution in [0.15, 0.2) is 53.7 Å². The molecule has 0 heterocycles. The Morgan fingerprint density at radius 2 is 1.54 bits per heavy atom. The van der Waals surface area contributed by atoms with Gasteiger partial charge in [-0.3, -0.25) is 4.79 Å². The molecule has 0 bridgehead atoms. The van der Waals surface area contributed by atoms with Crippen LogP contribution in [0.1, 0.15) is 21.5 Å². The first kappa shape index (κ1) is 18.3. The lowest BCUT2D eigenvalue weighted by molar-refractivity contribution is 0.102. The molecule has 1 amide bonds. The molecular formula is C20H15N5O. The van der Waals surface area contributed by atoms with Crippen molar-refractivity contribution in [3.05, 3.63) is 70.4 Å². The van der Waals surface area contributed by atoms with Crippen LogP contribution in [0, 0.1) is 47.8 Å².